The van der Waals surface area contributed by atoms with Crippen molar-refractivity contribution >= 4 is 11.3 Å². The van der Waals surface area contributed by atoms with Crippen molar-refractivity contribution in [1.82, 2.24) is 5.32 Å². The van der Waals surface area contributed by atoms with Gasteiger partial charge in [0.25, 0.3) is 0 Å². The molecule has 1 aromatic rings. The zero-order valence-corrected chi connectivity index (χ0v) is 10.4. The van der Waals surface area contributed by atoms with Crippen LogP contribution in [0.3, 0.4) is 0 Å². The Hall–Kier alpha value is -0.600. The fourth-order valence-electron chi connectivity index (χ4n) is 1.41. The van der Waals surface area contributed by atoms with Gasteiger partial charge >= 0.3 is 0 Å². The molecule has 0 bridgehead atoms. The Morgan fingerprint density at radius 2 is 2.13 bits per heavy atom. The number of hydrogen-bond acceptors (Lipinski definition) is 2. The van der Waals surface area contributed by atoms with E-state index in [1.165, 1.54) is 24.8 Å². The van der Waals surface area contributed by atoms with E-state index in [1.807, 2.05) is 0 Å². The molecule has 1 aromatic heterocycles. The Morgan fingerprint density at radius 3 is 2.87 bits per heavy atom. The van der Waals surface area contributed by atoms with Gasteiger partial charge in [-0.15, -0.1) is 0 Å². The van der Waals surface area contributed by atoms with Gasteiger partial charge in [-0.1, -0.05) is 19.1 Å². The summed E-state index contributed by atoms with van der Waals surface area (Å²) >= 11 is 1.78. The fourth-order valence-corrected chi connectivity index (χ4v) is 2.11. The molecule has 0 aliphatic carbocycles. The van der Waals surface area contributed by atoms with Gasteiger partial charge in [0, 0.05) is 0 Å². The molecule has 1 rings (SSSR count). The van der Waals surface area contributed by atoms with E-state index in [0.29, 0.717) is 0 Å². The van der Waals surface area contributed by atoms with E-state index in [1.54, 1.807) is 11.3 Å². The standard InChI is InChI=1S/C13H21NS/c1-2-9-14-10-6-4-3-5-7-13-8-11-15-12-13/h3-4,8,11-12,14H,2,5-7,9-10H2,1H3. The summed E-state index contributed by atoms with van der Waals surface area (Å²) in [6, 6.07) is 2.21. The minimum absolute atomic E-state index is 1.11. The molecule has 84 valence electrons. The molecule has 15 heavy (non-hydrogen) atoms. The zero-order valence-electron chi connectivity index (χ0n) is 9.54. The molecule has 0 saturated carbocycles. The molecular weight excluding hydrogens is 202 g/mol. The third-order valence-electron chi connectivity index (χ3n) is 2.26. The molecule has 0 aliphatic heterocycles. The monoisotopic (exact) mass is 223 g/mol. The zero-order chi connectivity index (χ0) is 10.8. The maximum atomic E-state index is 3.39. The summed E-state index contributed by atoms with van der Waals surface area (Å²) in [6.07, 6.45) is 9.32. The van der Waals surface area contributed by atoms with E-state index in [4.69, 9.17) is 0 Å². The summed E-state index contributed by atoms with van der Waals surface area (Å²) < 4.78 is 0. The lowest BCUT2D eigenvalue weighted by molar-refractivity contribution is 0.677. The number of nitrogens with one attached hydrogen (secondary N) is 1. The summed E-state index contributed by atoms with van der Waals surface area (Å²) in [7, 11) is 0. The van der Waals surface area contributed by atoms with E-state index in [0.717, 1.165) is 19.5 Å². The molecule has 2 heteroatoms. The van der Waals surface area contributed by atoms with Crippen LogP contribution in [-0.2, 0) is 6.42 Å². The predicted octanol–water partition coefficient (Wildman–Crippen LogP) is 3.63. The summed E-state index contributed by atoms with van der Waals surface area (Å²) in [5.41, 5.74) is 1.47. The summed E-state index contributed by atoms with van der Waals surface area (Å²) in [4.78, 5) is 0. The molecule has 1 nitrogen and oxygen atoms in total. The number of hydrogen-bond donors (Lipinski definition) is 1. The minimum Gasteiger partial charge on any atom is -0.316 e. The van der Waals surface area contributed by atoms with Crippen molar-refractivity contribution in [2.45, 2.75) is 32.6 Å². The largest absolute Gasteiger partial charge is 0.316 e. The Balaban J connectivity index is 1.93. The maximum Gasteiger partial charge on any atom is -0.00143 e. The highest BCUT2D eigenvalue weighted by atomic mass is 32.1. The average Bonchev–Trinajstić information content (AvgIpc) is 2.75. The van der Waals surface area contributed by atoms with Gasteiger partial charge in [-0.3, -0.25) is 0 Å². The molecule has 0 aliphatic rings. The number of allylic oxidation sites excluding steroid dienone is 1. The van der Waals surface area contributed by atoms with Crippen LogP contribution in [0.1, 0.15) is 31.7 Å². The van der Waals surface area contributed by atoms with Crippen molar-refractivity contribution in [1.29, 1.82) is 0 Å². The molecule has 0 aromatic carbocycles. The molecule has 1 N–H and O–H groups in total. The first-order chi connectivity index (χ1) is 7.43. The van der Waals surface area contributed by atoms with E-state index in [-0.39, 0.29) is 0 Å². The molecule has 0 spiro atoms. The SMILES string of the molecule is CCCNCCC=CCCc1ccsc1. The Morgan fingerprint density at radius 1 is 1.27 bits per heavy atom. The lowest BCUT2D eigenvalue weighted by atomic mass is 10.2. The van der Waals surface area contributed by atoms with Crippen LogP contribution >= 0.6 is 11.3 Å². The van der Waals surface area contributed by atoms with Gasteiger partial charge in [0.2, 0.25) is 0 Å². The van der Waals surface area contributed by atoms with Gasteiger partial charge in [-0.25, -0.2) is 0 Å². The van der Waals surface area contributed by atoms with Gasteiger partial charge in [0.1, 0.15) is 0 Å². The molecule has 0 atom stereocenters. The minimum atomic E-state index is 1.11. The fraction of sp³-hybridized carbons (Fsp3) is 0.538. The van der Waals surface area contributed by atoms with Crippen molar-refractivity contribution in [3.63, 3.8) is 0 Å². The smallest absolute Gasteiger partial charge is 0.00143 e. The van der Waals surface area contributed by atoms with Crippen LogP contribution < -0.4 is 5.32 Å². The van der Waals surface area contributed by atoms with Crippen LogP contribution in [0.2, 0.25) is 0 Å². The van der Waals surface area contributed by atoms with E-state index < -0.39 is 0 Å². The second-order valence-corrected chi connectivity index (χ2v) is 4.46. The second kappa shape index (κ2) is 8.69. The van der Waals surface area contributed by atoms with Crippen LogP contribution in [0.4, 0.5) is 0 Å². The first kappa shape index (κ1) is 12.5. The maximum absolute atomic E-state index is 3.39. The summed E-state index contributed by atoms with van der Waals surface area (Å²) in [5.74, 6) is 0. The average molecular weight is 223 g/mol. The Bertz CT molecular complexity index is 252. The summed E-state index contributed by atoms with van der Waals surface area (Å²) in [5, 5.41) is 7.77. The van der Waals surface area contributed by atoms with E-state index in [9.17, 15) is 0 Å². The van der Waals surface area contributed by atoms with Gasteiger partial charge in [0.05, 0.1) is 0 Å². The molecule has 0 unspecified atom stereocenters. The molecular formula is C13H21NS. The number of thiophene rings is 1. The summed E-state index contributed by atoms with van der Waals surface area (Å²) in [6.45, 7) is 4.45. The highest BCUT2D eigenvalue weighted by Gasteiger charge is 1.89. The Kier molecular flexibility index (Phi) is 7.22. The lowest BCUT2D eigenvalue weighted by Gasteiger charge is -1.98. The van der Waals surface area contributed by atoms with Crippen molar-refractivity contribution in [3.8, 4) is 0 Å². The first-order valence-corrected chi connectivity index (χ1v) is 6.74. The highest BCUT2D eigenvalue weighted by Crippen LogP contribution is 2.08. The van der Waals surface area contributed by atoms with Crippen molar-refractivity contribution in [3.05, 3.63) is 34.5 Å². The van der Waals surface area contributed by atoms with Gasteiger partial charge < -0.3 is 5.32 Å². The molecule has 0 amide bonds. The third-order valence-corrected chi connectivity index (χ3v) is 2.99. The molecule has 0 saturated heterocycles. The van der Waals surface area contributed by atoms with Gasteiger partial charge in [-0.05, 0) is 61.2 Å². The van der Waals surface area contributed by atoms with E-state index >= 15 is 0 Å². The molecule has 0 fully saturated rings. The van der Waals surface area contributed by atoms with Crippen LogP contribution in [-0.4, -0.2) is 13.1 Å². The topological polar surface area (TPSA) is 12.0 Å². The number of rotatable bonds is 8. The first-order valence-electron chi connectivity index (χ1n) is 5.80. The Labute approximate surface area is 97.2 Å². The van der Waals surface area contributed by atoms with Gasteiger partial charge in [-0.2, -0.15) is 11.3 Å². The molecule has 0 radical (unpaired) electrons. The van der Waals surface area contributed by atoms with Crippen molar-refractivity contribution in [2.24, 2.45) is 0 Å². The highest BCUT2D eigenvalue weighted by molar-refractivity contribution is 7.07. The predicted molar refractivity (Wildman–Crippen MR) is 69.6 cm³/mol. The van der Waals surface area contributed by atoms with Crippen LogP contribution in [0.15, 0.2) is 29.0 Å². The number of aryl methyl sites for hydroxylation is 1. The lowest BCUT2D eigenvalue weighted by Crippen LogP contribution is -2.14. The molecule has 1 heterocycles. The third kappa shape index (κ3) is 6.47. The van der Waals surface area contributed by atoms with Crippen LogP contribution in [0, 0.1) is 0 Å². The normalized spacial score (nSPS) is 11.3. The van der Waals surface area contributed by atoms with Crippen LogP contribution in [0.5, 0.6) is 0 Å². The van der Waals surface area contributed by atoms with Crippen LogP contribution in [0.25, 0.3) is 0 Å². The van der Waals surface area contributed by atoms with Crippen molar-refractivity contribution in [2.75, 3.05) is 13.1 Å². The van der Waals surface area contributed by atoms with Crippen molar-refractivity contribution < 1.29 is 0 Å². The second-order valence-electron chi connectivity index (χ2n) is 3.68. The van der Waals surface area contributed by atoms with E-state index in [2.05, 4.69) is 41.2 Å². The quantitative estimate of drug-likeness (QED) is 0.524. The van der Waals surface area contributed by atoms with Gasteiger partial charge in [0.15, 0.2) is 0 Å².